The maximum Gasteiger partial charge on any atom is 0.472 e. The van der Waals surface area contributed by atoms with E-state index in [0.29, 0.717) is 45.5 Å². The lowest BCUT2D eigenvalue weighted by Gasteiger charge is -2.21. The summed E-state index contributed by atoms with van der Waals surface area (Å²) in [6.45, 7) is 1.14. The molecule has 3 N–H and O–H groups in total. The molecule has 0 aromatic carbocycles. The SMILES string of the molecule is CCCCC/C=C\C/C=C\CCCCCCCC(=O)OC[C@H](COP(=O)(O)OC[C@@H](O)COP(=O)(O)OC[C@@H](COCCCCCCC/C=C\CCCCCCC=O)OCCCCCCC/C=C\CCCCCCC=O)OCCCCCCC/C=C\CCCCCCC=O. The van der Waals surface area contributed by atoms with Crippen molar-refractivity contribution < 1.29 is 80.2 Å². The maximum absolute atomic E-state index is 13.1. The molecule has 5 atom stereocenters. The Bertz CT molecular complexity index is 1930. The molecule has 0 aliphatic carbocycles. The van der Waals surface area contributed by atoms with Crippen LogP contribution in [0.15, 0.2) is 60.8 Å². The highest BCUT2D eigenvalue weighted by Gasteiger charge is 2.29. The smallest absolute Gasteiger partial charge is 0.463 e. The minimum absolute atomic E-state index is 0.145. The number of hydrogen-bond donors (Lipinski definition) is 3. The van der Waals surface area contributed by atoms with Crippen LogP contribution in [0.1, 0.15) is 315 Å². The fourth-order valence-corrected chi connectivity index (χ4v) is 11.8. The number of carbonyl (C=O) groups excluding carboxylic acids is 4. The standard InChI is InChI=1S/C75H136O17P2/c1-2-3-4-5-6-7-8-9-10-17-24-31-38-45-52-59-75(80)88-69-74(87-65-58-51-44-37-30-23-16-13-20-27-34-41-48-55-62-78)71-92-94(83,84)90-67-72(79)66-89-93(81,82)91-70-73(86-64-57-50-43-36-29-22-15-12-19-26-33-40-47-54-61-77)68-85-63-56-49-42-35-28-21-14-11-18-25-32-39-46-53-60-76/h6-7,9-16,60-62,72-74,79H,2-5,8,17-59,63-71H2,1H3,(H,81,82)(H,83,84)/b7-6-,10-9-,14-11-,15-12-,16-13-/t72-,73+,74+/m0/s1. The van der Waals surface area contributed by atoms with Gasteiger partial charge < -0.3 is 48.2 Å². The Labute approximate surface area is 571 Å². The zero-order chi connectivity index (χ0) is 68.5. The van der Waals surface area contributed by atoms with Crippen LogP contribution in [0.25, 0.3) is 0 Å². The van der Waals surface area contributed by atoms with E-state index in [-0.39, 0.29) is 26.2 Å². The van der Waals surface area contributed by atoms with Gasteiger partial charge in [-0.05, 0) is 154 Å². The van der Waals surface area contributed by atoms with Gasteiger partial charge in [-0.3, -0.25) is 22.9 Å². The van der Waals surface area contributed by atoms with Gasteiger partial charge in [0.2, 0.25) is 0 Å². The highest BCUT2D eigenvalue weighted by molar-refractivity contribution is 7.47. The minimum Gasteiger partial charge on any atom is -0.463 e. The molecule has 0 heterocycles. The molecule has 0 spiro atoms. The first-order valence-corrected chi connectivity index (χ1v) is 40.4. The first-order chi connectivity index (χ1) is 46.0. The van der Waals surface area contributed by atoms with Crippen molar-refractivity contribution in [2.24, 2.45) is 0 Å². The van der Waals surface area contributed by atoms with Crippen LogP contribution in [0.3, 0.4) is 0 Å². The van der Waals surface area contributed by atoms with Crippen LogP contribution >= 0.6 is 15.6 Å². The van der Waals surface area contributed by atoms with E-state index in [0.717, 1.165) is 269 Å². The number of allylic oxidation sites excluding steroid dienone is 10. The predicted octanol–water partition coefficient (Wildman–Crippen LogP) is 20.1. The van der Waals surface area contributed by atoms with Crippen molar-refractivity contribution in [2.75, 3.05) is 59.5 Å². The Morgan fingerprint density at radius 3 is 0.989 bits per heavy atom. The Morgan fingerprint density at radius 1 is 0.340 bits per heavy atom. The van der Waals surface area contributed by atoms with E-state index in [2.05, 4.69) is 67.7 Å². The topological polar surface area (TPSA) is 237 Å². The summed E-state index contributed by atoms with van der Waals surface area (Å²) >= 11 is 0. The summed E-state index contributed by atoms with van der Waals surface area (Å²) in [5.41, 5.74) is 0. The van der Waals surface area contributed by atoms with Crippen molar-refractivity contribution in [1.29, 1.82) is 0 Å². The monoisotopic (exact) mass is 1370 g/mol. The number of phosphoric acid groups is 2. The molecule has 0 rings (SSSR count). The van der Waals surface area contributed by atoms with E-state index >= 15 is 0 Å². The van der Waals surface area contributed by atoms with Crippen molar-refractivity contribution >= 4 is 40.5 Å². The summed E-state index contributed by atoms with van der Waals surface area (Å²) in [5.74, 6) is -0.390. The van der Waals surface area contributed by atoms with E-state index in [1.165, 1.54) is 25.7 Å². The molecule has 0 amide bonds. The van der Waals surface area contributed by atoms with E-state index in [4.69, 9.17) is 37.0 Å². The van der Waals surface area contributed by atoms with Crippen LogP contribution < -0.4 is 0 Å². The van der Waals surface area contributed by atoms with E-state index in [9.17, 15) is 43.2 Å². The number of hydrogen-bond acceptors (Lipinski definition) is 15. The van der Waals surface area contributed by atoms with E-state index < -0.39 is 59.7 Å². The average molecular weight is 1370 g/mol. The summed E-state index contributed by atoms with van der Waals surface area (Å²) < 4.78 is 70.5. The van der Waals surface area contributed by atoms with Gasteiger partial charge in [0.15, 0.2) is 0 Å². The van der Waals surface area contributed by atoms with E-state index in [1.54, 1.807) is 0 Å². The zero-order valence-electron chi connectivity index (χ0n) is 59.0. The van der Waals surface area contributed by atoms with Crippen molar-refractivity contribution in [3.63, 3.8) is 0 Å². The number of esters is 1. The number of rotatable bonds is 77. The second kappa shape index (κ2) is 73.0. The van der Waals surface area contributed by atoms with Crippen molar-refractivity contribution in [1.82, 2.24) is 0 Å². The lowest BCUT2D eigenvalue weighted by Crippen LogP contribution is -2.28. The maximum atomic E-state index is 13.1. The van der Waals surface area contributed by atoms with Crippen molar-refractivity contribution in [2.45, 2.75) is 333 Å². The van der Waals surface area contributed by atoms with Gasteiger partial charge >= 0.3 is 21.6 Å². The number of aldehydes is 3. The molecule has 0 aliphatic rings. The molecule has 0 saturated heterocycles. The van der Waals surface area contributed by atoms with Crippen molar-refractivity contribution in [3.05, 3.63) is 60.8 Å². The number of phosphoric ester groups is 2. The quantitative estimate of drug-likeness (QED) is 0.0169. The Hall–Kier alpha value is -2.76. The molecule has 0 aliphatic heterocycles. The van der Waals surface area contributed by atoms with Crippen LogP contribution in [0, 0.1) is 0 Å². The minimum atomic E-state index is -4.80. The molecule has 2 unspecified atom stereocenters. The lowest BCUT2D eigenvalue weighted by molar-refractivity contribution is -0.149. The van der Waals surface area contributed by atoms with Gasteiger partial charge in [-0.2, -0.15) is 0 Å². The highest BCUT2D eigenvalue weighted by atomic mass is 31.2. The summed E-state index contributed by atoms with van der Waals surface area (Å²) in [6.07, 6.45) is 71.1. The largest absolute Gasteiger partial charge is 0.472 e. The van der Waals surface area contributed by atoms with Crippen LogP contribution in [0.2, 0.25) is 0 Å². The third-order valence-electron chi connectivity index (χ3n) is 16.0. The summed E-state index contributed by atoms with van der Waals surface area (Å²) in [6, 6.07) is 0. The number of ether oxygens (including phenoxy) is 4. The molecule has 17 nitrogen and oxygen atoms in total. The zero-order valence-corrected chi connectivity index (χ0v) is 60.8. The lowest BCUT2D eigenvalue weighted by atomic mass is 10.1. The van der Waals surface area contributed by atoms with Crippen LogP contribution in [0.5, 0.6) is 0 Å². The van der Waals surface area contributed by atoms with Gasteiger partial charge in [-0.25, -0.2) is 9.13 Å². The normalized spacial score (nSPS) is 14.4. The number of aliphatic hydroxyl groups is 1. The molecular weight excluding hydrogens is 1230 g/mol. The first-order valence-electron chi connectivity index (χ1n) is 37.4. The number of carbonyl (C=O) groups is 4. The molecule has 0 aromatic heterocycles. The fraction of sp³-hybridized carbons (Fsp3) is 0.813. The van der Waals surface area contributed by atoms with E-state index in [1.807, 2.05) is 0 Å². The summed E-state index contributed by atoms with van der Waals surface area (Å²) in [7, 11) is -9.53. The third kappa shape index (κ3) is 72.0. The van der Waals surface area contributed by atoms with Gasteiger partial charge in [-0.15, -0.1) is 0 Å². The summed E-state index contributed by atoms with van der Waals surface area (Å²) in [4.78, 5) is 65.4. The van der Waals surface area contributed by atoms with Gasteiger partial charge in [0.25, 0.3) is 0 Å². The van der Waals surface area contributed by atoms with Crippen LogP contribution in [-0.2, 0) is 65.4 Å². The molecular formula is C75H136O17P2. The molecule has 0 fully saturated rings. The van der Waals surface area contributed by atoms with Gasteiger partial charge in [0.05, 0.1) is 33.0 Å². The molecule has 0 radical (unpaired) electrons. The molecule has 0 bridgehead atoms. The Balaban J connectivity index is 5.13. The Morgan fingerprint density at radius 2 is 0.628 bits per heavy atom. The molecule has 0 saturated carbocycles. The highest BCUT2D eigenvalue weighted by Crippen LogP contribution is 2.45. The molecule has 548 valence electrons. The average Bonchev–Trinajstić information content (AvgIpc) is 2.10. The Kier molecular flexibility index (Phi) is 70.8. The van der Waals surface area contributed by atoms with Gasteiger partial charge in [0, 0.05) is 45.5 Å². The molecule has 0 aromatic rings. The predicted molar refractivity (Wildman–Crippen MR) is 382 cm³/mol. The van der Waals surface area contributed by atoms with Crippen LogP contribution in [-0.4, -0.2) is 117 Å². The van der Waals surface area contributed by atoms with Crippen molar-refractivity contribution in [3.8, 4) is 0 Å². The van der Waals surface area contributed by atoms with Gasteiger partial charge in [-0.1, -0.05) is 196 Å². The van der Waals surface area contributed by atoms with Crippen LogP contribution in [0.4, 0.5) is 0 Å². The molecule has 94 heavy (non-hydrogen) atoms. The third-order valence-corrected chi connectivity index (χ3v) is 17.9. The van der Waals surface area contributed by atoms with Gasteiger partial charge in [0.1, 0.15) is 43.8 Å². The number of aliphatic hydroxyl groups excluding tert-OH is 1. The molecule has 19 heteroatoms. The second-order valence-electron chi connectivity index (χ2n) is 25.1. The fourth-order valence-electron chi connectivity index (χ4n) is 10.2. The second-order valence-corrected chi connectivity index (χ2v) is 28.0. The first kappa shape index (κ1) is 91.2. The summed E-state index contributed by atoms with van der Waals surface area (Å²) in [5, 5.41) is 10.6. The number of unbranched alkanes of at least 4 members (excludes halogenated alkanes) is 38.